The molecule has 1 aromatic carbocycles. The van der Waals surface area contributed by atoms with Gasteiger partial charge in [0.25, 0.3) is 0 Å². The number of hydrogen-bond donors (Lipinski definition) is 3. The van der Waals surface area contributed by atoms with Gasteiger partial charge in [-0.15, -0.1) is 24.0 Å². The number of ether oxygens (including phenoxy) is 2. The molecule has 0 aliphatic heterocycles. The highest BCUT2D eigenvalue weighted by Gasteiger charge is 2.06. The molecule has 0 heterocycles. The Morgan fingerprint density at radius 3 is 2.40 bits per heavy atom. The van der Waals surface area contributed by atoms with Crippen LogP contribution >= 0.6 is 24.0 Å². The van der Waals surface area contributed by atoms with E-state index in [0.29, 0.717) is 37.1 Å². The number of carbonyl (C=O) groups is 1. The second-order valence-corrected chi connectivity index (χ2v) is 5.09. The Balaban J connectivity index is 0.00000576. The van der Waals surface area contributed by atoms with E-state index in [0.717, 1.165) is 12.0 Å². The Kier molecular flexibility index (Phi) is 12.6. The third-order valence-electron chi connectivity index (χ3n) is 3.20. The van der Waals surface area contributed by atoms with Crippen molar-refractivity contribution in [1.29, 1.82) is 0 Å². The number of methoxy groups -OCH3 is 2. The minimum atomic E-state index is -0.0476. The number of benzene rings is 1. The first-order valence-electron chi connectivity index (χ1n) is 8.14. The summed E-state index contributed by atoms with van der Waals surface area (Å²) in [6, 6.07) is 5.67. The molecule has 0 saturated carbocycles. The summed E-state index contributed by atoms with van der Waals surface area (Å²) in [7, 11) is 3.21. The molecule has 0 saturated heterocycles. The van der Waals surface area contributed by atoms with Crippen LogP contribution in [0.5, 0.6) is 11.5 Å². The van der Waals surface area contributed by atoms with Crippen LogP contribution in [0, 0.1) is 0 Å². The topological polar surface area (TPSA) is 84.0 Å². The van der Waals surface area contributed by atoms with Gasteiger partial charge in [0, 0.05) is 13.1 Å². The first-order valence-corrected chi connectivity index (χ1v) is 8.14. The summed E-state index contributed by atoms with van der Waals surface area (Å²) in [5, 5.41) is 8.96. The van der Waals surface area contributed by atoms with E-state index >= 15 is 0 Å². The van der Waals surface area contributed by atoms with Crippen molar-refractivity contribution in [3.05, 3.63) is 23.8 Å². The summed E-state index contributed by atoms with van der Waals surface area (Å²) >= 11 is 0. The van der Waals surface area contributed by atoms with Crippen molar-refractivity contribution in [2.75, 3.05) is 33.9 Å². The molecule has 0 aromatic heterocycles. The van der Waals surface area contributed by atoms with Gasteiger partial charge in [-0.1, -0.05) is 13.0 Å². The zero-order valence-corrected chi connectivity index (χ0v) is 17.7. The van der Waals surface area contributed by atoms with Crippen LogP contribution in [0.4, 0.5) is 0 Å². The van der Waals surface area contributed by atoms with Crippen molar-refractivity contribution < 1.29 is 14.3 Å². The van der Waals surface area contributed by atoms with Crippen molar-refractivity contribution in [2.45, 2.75) is 26.8 Å². The van der Waals surface area contributed by atoms with Gasteiger partial charge >= 0.3 is 0 Å². The summed E-state index contributed by atoms with van der Waals surface area (Å²) < 4.78 is 10.5. The zero-order valence-electron chi connectivity index (χ0n) is 15.3. The van der Waals surface area contributed by atoms with E-state index in [9.17, 15) is 4.79 Å². The van der Waals surface area contributed by atoms with Crippen LogP contribution in [0.1, 0.15) is 25.8 Å². The van der Waals surface area contributed by atoms with E-state index in [1.807, 2.05) is 32.0 Å². The van der Waals surface area contributed by atoms with Crippen molar-refractivity contribution in [3.63, 3.8) is 0 Å². The second-order valence-electron chi connectivity index (χ2n) is 5.09. The molecule has 142 valence electrons. The molecule has 0 fully saturated rings. The van der Waals surface area contributed by atoms with Crippen LogP contribution in [0.2, 0.25) is 0 Å². The number of halogens is 1. The Morgan fingerprint density at radius 2 is 1.80 bits per heavy atom. The Labute approximate surface area is 167 Å². The van der Waals surface area contributed by atoms with E-state index in [1.54, 1.807) is 14.2 Å². The SMILES string of the molecule is CCCNC(=O)CNC(=NCc1ccc(OC)c(OC)c1)NCC.I. The molecule has 1 amide bonds. The predicted octanol–water partition coefficient (Wildman–Crippen LogP) is 1.90. The summed E-state index contributed by atoms with van der Waals surface area (Å²) in [4.78, 5) is 16.1. The number of rotatable bonds is 9. The van der Waals surface area contributed by atoms with Crippen molar-refractivity contribution in [3.8, 4) is 11.5 Å². The van der Waals surface area contributed by atoms with Crippen LogP contribution in [0.3, 0.4) is 0 Å². The number of aliphatic imine (C=N–C) groups is 1. The van der Waals surface area contributed by atoms with Gasteiger partial charge in [-0.05, 0) is 31.0 Å². The first-order chi connectivity index (χ1) is 11.6. The van der Waals surface area contributed by atoms with Crippen LogP contribution < -0.4 is 25.4 Å². The molecule has 0 aliphatic rings. The molecule has 7 nitrogen and oxygen atoms in total. The van der Waals surface area contributed by atoms with Gasteiger partial charge in [0.1, 0.15) is 0 Å². The Hall–Kier alpha value is -1.71. The highest BCUT2D eigenvalue weighted by atomic mass is 127. The number of guanidine groups is 1. The average Bonchev–Trinajstić information content (AvgIpc) is 2.61. The fraction of sp³-hybridized carbons (Fsp3) is 0.529. The largest absolute Gasteiger partial charge is 0.493 e. The van der Waals surface area contributed by atoms with Crippen molar-refractivity contribution in [1.82, 2.24) is 16.0 Å². The van der Waals surface area contributed by atoms with Gasteiger partial charge in [-0.2, -0.15) is 0 Å². The highest BCUT2D eigenvalue weighted by molar-refractivity contribution is 14.0. The molecule has 25 heavy (non-hydrogen) atoms. The van der Waals surface area contributed by atoms with E-state index in [-0.39, 0.29) is 36.4 Å². The minimum Gasteiger partial charge on any atom is -0.493 e. The Bertz CT molecular complexity index is 553. The molecular formula is C17H29IN4O3. The lowest BCUT2D eigenvalue weighted by atomic mass is 10.2. The fourth-order valence-corrected chi connectivity index (χ4v) is 1.98. The first kappa shape index (κ1) is 23.3. The summed E-state index contributed by atoms with van der Waals surface area (Å²) in [5.41, 5.74) is 0.986. The maximum Gasteiger partial charge on any atom is 0.239 e. The number of nitrogens with zero attached hydrogens (tertiary/aromatic N) is 1. The van der Waals surface area contributed by atoms with Crippen molar-refractivity contribution >= 4 is 35.8 Å². The standard InChI is InChI=1S/C17H28N4O3.HI/c1-5-9-19-16(22)12-21-17(18-6-2)20-11-13-7-8-14(23-3)15(10-13)24-4;/h7-8,10H,5-6,9,11-12H2,1-4H3,(H,19,22)(H2,18,20,21);1H. The smallest absolute Gasteiger partial charge is 0.239 e. The van der Waals surface area contributed by atoms with Crippen LogP contribution in [0.25, 0.3) is 0 Å². The lowest BCUT2D eigenvalue weighted by Gasteiger charge is -2.12. The van der Waals surface area contributed by atoms with Crippen LogP contribution in [-0.2, 0) is 11.3 Å². The van der Waals surface area contributed by atoms with E-state index < -0.39 is 0 Å². The lowest BCUT2D eigenvalue weighted by molar-refractivity contribution is -0.120. The van der Waals surface area contributed by atoms with Gasteiger partial charge in [0.2, 0.25) is 5.91 Å². The second kappa shape index (κ2) is 13.6. The minimum absolute atomic E-state index is 0. The number of nitrogens with one attached hydrogen (secondary N) is 3. The molecule has 1 aromatic rings. The van der Waals surface area contributed by atoms with Gasteiger partial charge in [-0.25, -0.2) is 4.99 Å². The molecule has 3 N–H and O–H groups in total. The van der Waals surface area contributed by atoms with E-state index in [2.05, 4.69) is 20.9 Å². The van der Waals surface area contributed by atoms with Gasteiger partial charge < -0.3 is 25.4 Å². The molecular weight excluding hydrogens is 435 g/mol. The lowest BCUT2D eigenvalue weighted by Crippen LogP contribution is -2.43. The predicted molar refractivity (Wildman–Crippen MR) is 111 cm³/mol. The monoisotopic (exact) mass is 464 g/mol. The van der Waals surface area contributed by atoms with Gasteiger partial charge in [0.05, 0.1) is 27.3 Å². The van der Waals surface area contributed by atoms with Crippen LogP contribution in [0.15, 0.2) is 23.2 Å². The number of carbonyl (C=O) groups excluding carboxylic acids is 1. The number of hydrogen-bond acceptors (Lipinski definition) is 4. The molecule has 8 heteroatoms. The molecule has 0 bridgehead atoms. The van der Waals surface area contributed by atoms with E-state index in [4.69, 9.17) is 9.47 Å². The maximum absolute atomic E-state index is 11.7. The Morgan fingerprint density at radius 1 is 1.08 bits per heavy atom. The average molecular weight is 464 g/mol. The van der Waals surface area contributed by atoms with E-state index in [1.165, 1.54) is 0 Å². The quantitative estimate of drug-likeness (QED) is 0.296. The van der Waals surface area contributed by atoms with Crippen molar-refractivity contribution in [2.24, 2.45) is 4.99 Å². The van der Waals surface area contributed by atoms with Gasteiger partial charge in [0.15, 0.2) is 17.5 Å². The summed E-state index contributed by atoms with van der Waals surface area (Å²) in [6.07, 6.45) is 0.916. The molecule has 0 aliphatic carbocycles. The molecule has 0 spiro atoms. The molecule has 0 radical (unpaired) electrons. The normalized spacial score (nSPS) is 10.5. The zero-order chi connectivity index (χ0) is 17.8. The molecule has 0 atom stereocenters. The molecule has 1 rings (SSSR count). The summed E-state index contributed by atoms with van der Waals surface area (Å²) in [5.74, 6) is 1.90. The maximum atomic E-state index is 11.7. The highest BCUT2D eigenvalue weighted by Crippen LogP contribution is 2.27. The van der Waals surface area contributed by atoms with Crippen LogP contribution in [-0.4, -0.2) is 45.7 Å². The third kappa shape index (κ3) is 8.80. The third-order valence-corrected chi connectivity index (χ3v) is 3.20. The number of amides is 1. The van der Waals surface area contributed by atoms with Gasteiger partial charge in [-0.3, -0.25) is 4.79 Å². The molecule has 0 unspecified atom stereocenters. The fourth-order valence-electron chi connectivity index (χ4n) is 1.98. The summed E-state index contributed by atoms with van der Waals surface area (Å²) in [6.45, 7) is 6.05.